The Morgan fingerprint density at radius 1 is 1.16 bits per heavy atom. The number of hydrogen-bond donors (Lipinski definition) is 1. The summed E-state index contributed by atoms with van der Waals surface area (Å²) in [4.78, 5) is 0. The standard InChI is InChI=1S/C16H18FNS/c1-12-3-2-4-13(9-12)10-19-11-16(18)14-5-7-15(17)8-6-14/h2-9,16H,10-11,18H2,1H3. The Labute approximate surface area is 118 Å². The summed E-state index contributed by atoms with van der Waals surface area (Å²) in [5, 5.41) is 0. The highest BCUT2D eigenvalue weighted by molar-refractivity contribution is 7.98. The van der Waals surface area contributed by atoms with Gasteiger partial charge in [-0.3, -0.25) is 0 Å². The number of benzene rings is 2. The maximum absolute atomic E-state index is 12.8. The topological polar surface area (TPSA) is 26.0 Å². The predicted octanol–water partition coefficient (Wildman–Crippen LogP) is 4.07. The van der Waals surface area contributed by atoms with E-state index in [9.17, 15) is 4.39 Å². The van der Waals surface area contributed by atoms with E-state index in [1.54, 1.807) is 23.9 Å². The van der Waals surface area contributed by atoms with Crippen LogP contribution in [-0.2, 0) is 5.75 Å². The van der Waals surface area contributed by atoms with E-state index in [0.29, 0.717) is 0 Å². The Balaban J connectivity index is 1.84. The maximum atomic E-state index is 12.8. The summed E-state index contributed by atoms with van der Waals surface area (Å²) in [5.41, 5.74) is 9.67. The second-order valence-electron chi connectivity index (χ2n) is 4.66. The summed E-state index contributed by atoms with van der Waals surface area (Å²) >= 11 is 1.80. The van der Waals surface area contributed by atoms with Crippen LogP contribution in [0.5, 0.6) is 0 Å². The third kappa shape index (κ3) is 4.37. The molecule has 2 rings (SSSR count). The molecule has 0 amide bonds. The monoisotopic (exact) mass is 275 g/mol. The van der Waals surface area contributed by atoms with E-state index in [0.717, 1.165) is 17.1 Å². The van der Waals surface area contributed by atoms with Crippen LogP contribution in [0.1, 0.15) is 22.7 Å². The summed E-state index contributed by atoms with van der Waals surface area (Å²) in [5.74, 6) is 1.57. The Kier molecular flexibility index (Phi) is 5.00. The molecule has 0 radical (unpaired) electrons. The lowest BCUT2D eigenvalue weighted by Crippen LogP contribution is -2.13. The fraction of sp³-hybridized carbons (Fsp3) is 0.250. The fourth-order valence-electron chi connectivity index (χ4n) is 1.91. The number of nitrogens with two attached hydrogens (primary N) is 1. The molecule has 1 nitrogen and oxygen atoms in total. The summed E-state index contributed by atoms with van der Waals surface area (Å²) in [6, 6.07) is 14.9. The second kappa shape index (κ2) is 6.73. The third-order valence-corrected chi connectivity index (χ3v) is 4.08. The van der Waals surface area contributed by atoms with Gasteiger partial charge in [0.2, 0.25) is 0 Å². The van der Waals surface area contributed by atoms with Crippen molar-refractivity contribution < 1.29 is 4.39 Å². The average Bonchev–Trinajstić information content (AvgIpc) is 2.39. The van der Waals surface area contributed by atoms with Crippen LogP contribution >= 0.6 is 11.8 Å². The van der Waals surface area contributed by atoms with Crippen LogP contribution in [0.25, 0.3) is 0 Å². The van der Waals surface area contributed by atoms with Gasteiger partial charge in [0, 0.05) is 17.5 Å². The van der Waals surface area contributed by atoms with Crippen LogP contribution in [0, 0.1) is 12.7 Å². The molecule has 2 aromatic carbocycles. The smallest absolute Gasteiger partial charge is 0.123 e. The molecule has 3 heteroatoms. The van der Waals surface area contributed by atoms with Gasteiger partial charge in [0.05, 0.1) is 0 Å². The largest absolute Gasteiger partial charge is 0.323 e. The molecule has 0 spiro atoms. The molecule has 2 aromatic rings. The zero-order chi connectivity index (χ0) is 13.7. The van der Waals surface area contributed by atoms with Crippen LogP contribution in [0.2, 0.25) is 0 Å². The second-order valence-corrected chi connectivity index (χ2v) is 5.69. The van der Waals surface area contributed by atoms with Crippen molar-refractivity contribution in [2.45, 2.75) is 18.7 Å². The zero-order valence-electron chi connectivity index (χ0n) is 11.0. The zero-order valence-corrected chi connectivity index (χ0v) is 11.8. The molecule has 100 valence electrons. The van der Waals surface area contributed by atoms with Crippen molar-refractivity contribution in [3.05, 3.63) is 71.0 Å². The molecule has 0 saturated carbocycles. The molecule has 1 atom stereocenters. The van der Waals surface area contributed by atoms with E-state index in [-0.39, 0.29) is 11.9 Å². The molecule has 0 bridgehead atoms. The Morgan fingerprint density at radius 2 is 1.89 bits per heavy atom. The molecule has 0 fully saturated rings. The maximum Gasteiger partial charge on any atom is 0.123 e. The van der Waals surface area contributed by atoms with Crippen LogP contribution in [0.3, 0.4) is 0 Å². The third-order valence-electron chi connectivity index (χ3n) is 2.95. The first-order chi connectivity index (χ1) is 9.15. The van der Waals surface area contributed by atoms with Crippen molar-refractivity contribution in [3.8, 4) is 0 Å². The van der Waals surface area contributed by atoms with Gasteiger partial charge in [-0.2, -0.15) is 11.8 Å². The van der Waals surface area contributed by atoms with Gasteiger partial charge in [0.1, 0.15) is 5.82 Å². The Bertz CT molecular complexity index is 525. The van der Waals surface area contributed by atoms with Gasteiger partial charge in [-0.25, -0.2) is 4.39 Å². The van der Waals surface area contributed by atoms with Gasteiger partial charge in [-0.15, -0.1) is 0 Å². The summed E-state index contributed by atoms with van der Waals surface area (Å²) in [7, 11) is 0. The lowest BCUT2D eigenvalue weighted by molar-refractivity contribution is 0.626. The highest BCUT2D eigenvalue weighted by Gasteiger charge is 2.06. The molecular weight excluding hydrogens is 257 g/mol. The Hall–Kier alpha value is -1.32. The minimum atomic E-state index is -0.219. The fourth-order valence-corrected chi connectivity index (χ4v) is 2.89. The van der Waals surface area contributed by atoms with Crippen LogP contribution in [0.15, 0.2) is 48.5 Å². The van der Waals surface area contributed by atoms with Crippen LogP contribution < -0.4 is 5.73 Å². The lowest BCUT2D eigenvalue weighted by atomic mass is 10.1. The number of halogens is 1. The lowest BCUT2D eigenvalue weighted by Gasteiger charge is -2.11. The Morgan fingerprint density at radius 3 is 2.58 bits per heavy atom. The molecule has 0 saturated heterocycles. The van der Waals surface area contributed by atoms with E-state index in [2.05, 4.69) is 31.2 Å². The van der Waals surface area contributed by atoms with Crippen LogP contribution in [0.4, 0.5) is 4.39 Å². The SMILES string of the molecule is Cc1cccc(CSCC(N)c2ccc(F)cc2)c1. The first-order valence-corrected chi connectivity index (χ1v) is 7.45. The predicted molar refractivity (Wildman–Crippen MR) is 80.7 cm³/mol. The van der Waals surface area contributed by atoms with Gasteiger partial charge in [-0.05, 0) is 30.2 Å². The van der Waals surface area contributed by atoms with Crippen molar-refractivity contribution in [1.82, 2.24) is 0 Å². The van der Waals surface area contributed by atoms with Crippen molar-refractivity contribution in [2.24, 2.45) is 5.73 Å². The average molecular weight is 275 g/mol. The van der Waals surface area contributed by atoms with Crippen molar-refractivity contribution in [3.63, 3.8) is 0 Å². The first kappa shape index (κ1) is 14.1. The van der Waals surface area contributed by atoms with E-state index < -0.39 is 0 Å². The molecule has 0 aliphatic carbocycles. The van der Waals surface area contributed by atoms with E-state index in [1.165, 1.54) is 23.3 Å². The molecular formula is C16H18FNS. The van der Waals surface area contributed by atoms with Crippen molar-refractivity contribution in [1.29, 1.82) is 0 Å². The summed E-state index contributed by atoms with van der Waals surface area (Å²) in [6.45, 7) is 2.10. The molecule has 2 N–H and O–H groups in total. The van der Waals surface area contributed by atoms with Crippen molar-refractivity contribution >= 4 is 11.8 Å². The van der Waals surface area contributed by atoms with Gasteiger partial charge in [0.25, 0.3) is 0 Å². The first-order valence-electron chi connectivity index (χ1n) is 6.29. The van der Waals surface area contributed by atoms with E-state index in [4.69, 9.17) is 5.73 Å². The minimum absolute atomic E-state index is 0.0459. The summed E-state index contributed by atoms with van der Waals surface area (Å²) in [6.07, 6.45) is 0. The molecule has 0 aliphatic rings. The summed E-state index contributed by atoms with van der Waals surface area (Å²) < 4.78 is 12.8. The van der Waals surface area contributed by atoms with Gasteiger partial charge >= 0.3 is 0 Å². The number of hydrogen-bond acceptors (Lipinski definition) is 2. The van der Waals surface area contributed by atoms with Gasteiger partial charge in [-0.1, -0.05) is 42.0 Å². The molecule has 0 aromatic heterocycles. The van der Waals surface area contributed by atoms with Crippen LogP contribution in [-0.4, -0.2) is 5.75 Å². The number of thioether (sulfide) groups is 1. The molecule has 19 heavy (non-hydrogen) atoms. The van der Waals surface area contributed by atoms with E-state index in [1.807, 2.05) is 0 Å². The number of aryl methyl sites for hydroxylation is 1. The quantitative estimate of drug-likeness (QED) is 0.890. The molecule has 0 heterocycles. The minimum Gasteiger partial charge on any atom is -0.323 e. The highest BCUT2D eigenvalue weighted by Crippen LogP contribution is 2.20. The molecule has 1 unspecified atom stereocenters. The van der Waals surface area contributed by atoms with Gasteiger partial charge in [0.15, 0.2) is 0 Å². The van der Waals surface area contributed by atoms with E-state index >= 15 is 0 Å². The van der Waals surface area contributed by atoms with Gasteiger partial charge < -0.3 is 5.73 Å². The highest BCUT2D eigenvalue weighted by atomic mass is 32.2. The number of rotatable bonds is 5. The molecule has 0 aliphatic heterocycles. The normalized spacial score (nSPS) is 12.4. The van der Waals surface area contributed by atoms with Crippen molar-refractivity contribution in [2.75, 3.05) is 5.75 Å².